The molecule has 33 heavy (non-hydrogen) atoms. The number of primary amides is 1. The Hall–Kier alpha value is -3.81. The van der Waals surface area contributed by atoms with Gasteiger partial charge in [-0.3, -0.25) is 9.48 Å². The van der Waals surface area contributed by atoms with E-state index >= 15 is 0 Å². The molecule has 0 radical (unpaired) electrons. The number of benzene rings is 2. The van der Waals surface area contributed by atoms with Gasteiger partial charge in [0, 0.05) is 24.8 Å². The fourth-order valence-corrected chi connectivity index (χ4v) is 3.73. The van der Waals surface area contributed by atoms with Gasteiger partial charge in [-0.05, 0) is 63.6 Å². The Morgan fingerprint density at radius 2 is 1.70 bits per heavy atom. The summed E-state index contributed by atoms with van der Waals surface area (Å²) >= 11 is 0. The molecular formula is C25H28N4O4. The zero-order valence-corrected chi connectivity index (χ0v) is 19.0. The van der Waals surface area contributed by atoms with E-state index in [1.165, 1.54) is 0 Å². The van der Waals surface area contributed by atoms with Gasteiger partial charge in [0.1, 0.15) is 22.8 Å². The van der Waals surface area contributed by atoms with E-state index in [1.807, 2.05) is 75.4 Å². The number of ether oxygens (including phenoxy) is 2. The van der Waals surface area contributed by atoms with Crippen molar-refractivity contribution in [2.75, 3.05) is 13.1 Å². The zero-order valence-electron chi connectivity index (χ0n) is 19.0. The molecule has 0 unspecified atom stereocenters. The van der Waals surface area contributed by atoms with Crippen LogP contribution in [0.15, 0.2) is 60.8 Å². The highest BCUT2D eigenvalue weighted by Crippen LogP contribution is 2.30. The first-order valence-electron chi connectivity index (χ1n) is 10.9. The predicted octanol–water partition coefficient (Wildman–Crippen LogP) is 4.62. The minimum absolute atomic E-state index is 0.0648. The topological polar surface area (TPSA) is 99.7 Å². The zero-order chi connectivity index (χ0) is 23.6. The largest absolute Gasteiger partial charge is 0.457 e. The van der Waals surface area contributed by atoms with E-state index < -0.39 is 11.5 Å². The van der Waals surface area contributed by atoms with E-state index in [1.54, 1.807) is 15.8 Å². The molecule has 0 saturated carbocycles. The SMILES string of the molecule is CC(C)(C)OC(=O)N1CC[C@H](n2cc(C(N)=O)c(-c3ccc(Oc4ccccc4)cc3)n2)C1. The number of aromatic nitrogens is 2. The van der Waals surface area contributed by atoms with Gasteiger partial charge in [-0.2, -0.15) is 5.10 Å². The summed E-state index contributed by atoms with van der Waals surface area (Å²) < 4.78 is 13.0. The molecule has 3 aromatic rings. The van der Waals surface area contributed by atoms with Crippen molar-refractivity contribution in [1.29, 1.82) is 0 Å². The molecule has 2 N–H and O–H groups in total. The van der Waals surface area contributed by atoms with E-state index in [4.69, 9.17) is 15.2 Å². The summed E-state index contributed by atoms with van der Waals surface area (Å²) in [5.74, 6) is 0.861. The van der Waals surface area contributed by atoms with Crippen molar-refractivity contribution in [2.45, 2.75) is 38.8 Å². The molecule has 1 aromatic heterocycles. The maximum Gasteiger partial charge on any atom is 0.410 e. The highest BCUT2D eigenvalue weighted by molar-refractivity contribution is 5.98. The molecular weight excluding hydrogens is 420 g/mol. The van der Waals surface area contributed by atoms with Crippen LogP contribution in [0.2, 0.25) is 0 Å². The molecule has 1 atom stereocenters. The van der Waals surface area contributed by atoms with Crippen LogP contribution in [0.1, 0.15) is 43.6 Å². The Kier molecular flexibility index (Phi) is 6.09. The number of likely N-dealkylation sites (tertiary alicyclic amines) is 1. The standard InChI is InChI=1S/C25H28N4O4/c1-25(2,3)33-24(31)28-14-13-18(15-28)29-16-21(23(26)30)22(27-29)17-9-11-20(12-10-17)32-19-7-5-4-6-8-19/h4-12,16,18H,13-15H2,1-3H3,(H2,26,30)/t18-/m0/s1. The quantitative estimate of drug-likeness (QED) is 0.614. The normalized spacial score (nSPS) is 16.0. The van der Waals surface area contributed by atoms with Crippen molar-refractivity contribution >= 4 is 12.0 Å². The molecule has 0 spiro atoms. The van der Waals surface area contributed by atoms with Gasteiger partial charge in [-0.1, -0.05) is 18.2 Å². The molecule has 4 rings (SSSR count). The second-order valence-electron chi connectivity index (χ2n) is 9.04. The molecule has 172 valence electrons. The minimum Gasteiger partial charge on any atom is -0.457 e. The fraction of sp³-hybridized carbons (Fsp3) is 0.320. The van der Waals surface area contributed by atoms with Crippen LogP contribution in [0.4, 0.5) is 4.79 Å². The Labute approximate surface area is 192 Å². The van der Waals surface area contributed by atoms with Gasteiger partial charge in [-0.15, -0.1) is 0 Å². The maximum atomic E-state index is 12.4. The van der Waals surface area contributed by atoms with Crippen molar-refractivity contribution in [3.8, 4) is 22.8 Å². The van der Waals surface area contributed by atoms with E-state index in [-0.39, 0.29) is 12.1 Å². The second kappa shape index (κ2) is 8.97. The Morgan fingerprint density at radius 1 is 1.03 bits per heavy atom. The summed E-state index contributed by atoms with van der Waals surface area (Å²) in [6.07, 6.45) is 2.03. The minimum atomic E-state index is -0.553. The lowest BCUT2D eigenvalue weighted by Crippen LogP contribution is -2.35. The third kappa shape index (κ3) is 5.34. The Morgan fingerprint density at radius 3 is 2.33 bits per heavy atom. The number of hydrogen-bond donors (Lipinski definition) is 1. The van der Waals surface area contributed by atoms with Gasteiger partial charge in [0.15, 0.2) is 0 Å². The molecule has 8 heteroatoms. The molecule has 1 fully saturated rings. The van der Waals surface area contributed by atoms with Crippen LogP contribution >= 0.6 is 0 Å². The predicted molar refractivity (Wildman–Crippen MR) is 124 cm³/mol. The van der Waals surface area contributed by atoms with E-state index in [9.17, 15) is 9.59 Å². The number of nitrogens with two attached hydrogens (primary N) is 1. The molecule has 8 nitrogen and oxygen atoms in total. The van der Waals surface area contributed by atoms with Crippen molar-refractivity contribution in [3.63, 3.8) is 0 Å². The lowest BCUT2D eigenvalue weighted by atomic mass is 10.1. The summed E-state index contributed by atoms with van der Waals surface area (Å²) in [5.41, 5.74) is 6.68. The van der Waals surface area contributed by atoms with E-state index in [2.05, 4.69) is 5.10 Å². The van der Waals surface area contributed by atoms with Crippen LogP contribution in [0.5, 0.6) is 11.5 Å². The average Bonchev–Trinajstić information content (AvgIpc) is 3.42. The lowest BCUT2D eigenvalue weighted by Gasteiger charge is -2.24. The fourth-order valence-electron chi connectivity index (χ4n) is 3.73. The average molecular weight is 449 g/mol. The van der Waals surface area contributed by atoms with Gasteiger partial charge in [-0.25, -0.2) is 4.79 Å². The maximum absolute atomic E-state index is 12.4. The van der Waals surface area contributed by atoms with Crippen LogP contribution in [0.25, 0.3) is 11.3 Å². The number of nitrogens with zero attached hydrogens (tertiary/aromatic N) is 3. The van der Waals surface area contributed by atoms with Crippen LogP contribution in [-0.2, 0) is 4.74 Å². The molecule has 1 aliphatic heterocycles. The van der Waals surface area contributed by atoms with Gasteiger partial charge < -0.3 is 20.1 Å². The number of carbonyl (C=O) groups is 2. The number of rotatable bonds is 5. The van der Waals surface area contributed by atoms with Crippen LogP contribution in [-0.4, -0.2) is 45.4 Å². The number of para-hydroxylation sites is 1. The Balaban J connectivity index is 1.52. The molecule has 0 bridgehead atoms. The third-order valence-corrected chi connectivity index (χ3v) is 5.29. The summed E-state index contributed by atoms with van der Waals surface area (Å²) in [5, 5.41) is 4.66. The molecule has 2 heterocycles. The number of carbonyl (C=O) groups excluding carboxylic acids is 2. The van der Waals surface area contributed by atoms with Crippen molar-refractivity contribution in [3.05, 3.63) is 66.4 Å². The molecule has 0 aliphatic carbocycles. The highest BCUT2D eigenvalue weighted by atomic mass is 16.6. The number of hydrogen-bond acceptors (Lipinski definition) is 5. The van der Waals surface area contributed by atoms with Crippen LogP contribution in [0.3, 0.4) is 0 Å². The number of amides is 2. The molecule has 1 aliphatic rings. The summed E-state index contributed by atoms with van der Waals surface area (Å²) in [7, 11) is 0. The van der Waals surface area contributed by atoms with Gasteiger partial charge in [0.05, 0.1) is 11.6 Å². The van der Waals surface area contributed by atoms with Crippen molar-refractivity contribution < 1.29 is 19.1 Å². The van der Waals surface area contributed by atoms with Gasteiger partial charge in [0.2, 0.25) is 0 Å². The summed E-state index contributed by atoms with van der Waals surface area (Å²) in [4.78, 5) is 26.2. The monoisotopic (exact) mass is 448 g/mol. The first-order chi connectivity index (χ1) is 15.7. The van der Waals surface area contributed by atoms with Crippen molar-refractivity contribution in [2.24, 2.45) is 5.73 Å². The van der Waals surface area contributed by atoms with Gasteiger partial charge >= 0.3 is 6.09 Å². The van der Waals surface area contributed by atoms with Crippen LogP contribution < -0.4 is 10.5 Å². The smallest absolute Gasteiger partial charge is 0.410 e. The molecule has 1 saturated heterocycles. The Bertz CT molecular complexity index is 1130. The molecule has 2 amide bonds. The first kappa shape index (κ1) is 22.4. The summed E-state index contributed by atoms with van der Waals surface area (Å²) in [6, 6.07) is 16.8. The van der Waals surface area contributed by atoms with Crippen LogP contribution in [0, 0.1) is 0 Å². The van der Waals surface area contributed by atoms with E-state index in [0.717, 1.165) is 11.3 Å². The summed E-state index contributed by atoms with van der Waals surface area (Å²) in [6.45, 7) is 6.54. The van der Waals surface area contributed by atoms with Gasteiger partial charge in [0.25, 0.3) is 5.91 Å². The first-order valence-corrected chi connectivity index (χ1v) is 10.9. The second-order valence-corrected chi connectivity index (χ2v) is 9.04. The van der Waals surface area contributed by atoms with E-state index in [0.29, 0.717) is 36.5 Å². The lowest BCUT2D eigenvalue weighted by molar-refractivity contribution is 0.0288. The van der Waals surface area contributed by atoms with Crippen molar-refractivity contribution in [1.82, 2.24) is 14.7 Å². The highest BCUT2D eigenvalue weighted by Gasteiger charge is 2.32. The third-order valence-electron chi connectivity index (χ3n) is 5.29. The molecule has 2 aromatic carbocycles.